The first-order valence-corrected chi connectivity index (χ1v) is 8.75. The van der Waals surface area contributed by atoms with Gasteiger partial charge in [0.05, 0.1) is 11.0 Å². The third-order valence-corrected chi connectivity index (χ3v) is 4.79. The lowest BCUT2D eigenvalue weighted by Crippen LogP contribution is -2.36. The molecule has 0 saturated carbocycles. The monoisotopic (exact) mass is 341 g/mol. The van der Waals surface area contributed by atoms with Crippen molar-refractivity contribution in [2.45, 2.75) is 44.2 Å². The summed E-state index contributed by atoms with van der Waals surface area (Å²) in [4.78, 5) is 16.9. The predicted molar refractivity (Wildman–Crippen MR) is 96.5 cm³/mol. The molecule has 6 heteroatoms. The summed E-state index contributed by atoms with van der Waals surface area (Å²) in [6.07, 6.45) is 5.74. The first kappa shape index (κ1) is 17.4. The Labute approximate surface area is 147 Å². The fraction of sp³-hybridized carbons (Fsp3) is 0.421. The maximum absolute atomic E-state index is 10.8. The highest BCUT2D eigenvalue weighted by molar-refractivity contribution is 5.44. The molecule has 1 aliphatic rings. The van der Waals surface area contributed by atoms with Gasteiger partial charge in [-0.3, -0.25) is 10.1 Å². The van der Waals surface area contributed by atoms with Crippen LogP contribution in [0.2, 0.25) is 0 Å². The number of hydrogen-bond donors (Lipinski definition) is 1. The molecule has 132 valence electrons. The molecule has 25 heavy (non-hydrogen) atoms. The maximum atomic E-state index is 10.8. The van der Waals surface area contributed by atoms with Gasteiger partial charge in [0.15, 0.2) is 0 Å². The number of nitrogens with zero attached hydrogens (tertiary/aromatic N) is 3. The number of aromatic nitrogens is 1. The van der Waals surface area contributed by atoms with E-state index in [1.54, 1.807) is 6.07 Å². The van der Waals surface area contributed by atoms with Gasteiger partial charge in [0.25, 0.3) is 5.69 Å². The van der Waals surface area contributed by atoms with Crippen molar-refractivity contribution in [1.82, 2.24) is 4.98 Å². The van der Waals surface area contributed by atoms with Crippen molar-refractivity contribution in [3.63, 3.8) is 0 Å². The molecule has 0 unspecified atom stereocenters. The van der Waals surface area contributed by atoms with E-state index in [4.69, 9.17) is 0 Å². The molecule has 0 amide bonds. The Bertz CT molecular complexity index is 691. The molecule has 2 atom stereocenters. The Hall–Kier alpha value is -2.47. The molecule has 1 aromatic heterocycles. The lowest BCUT2D eigenvalue weighted by atomic mass is 9.98. The van der Waals surface area contributed by atoms with Crippen LogP contribution in [0.25, 0.3) is 0 Å². The summed E-state index contributed by atoms with van der Waals surface area (Å²) in [7, 11) is 0. The molecule has 3 rings (SSSR count). The molecule has 0 radical (unpaired) electrons. The molecule has 0 spiro atoms. The third-order valence-electron chi connectivity index (χ3n) is 4.79. The molecule has 1 aliphatic heterocycles. The van der Waals surface area contributed by atoms with Crippen molar-refractivity contribution in [2.75, 3.05) is 11.4 Å². The Morgan fingerprint density at radius 1 is 1.20 bits per heavy atom. The van der Waals surface area contributed by atoms with E-state index in [9.17, 15) is 15.2 Å². The van der Waals surface area contributed by atoms with E-state index in [0.717, 1.165) is 43.6 Å². The molecule has 0 aliphatic carbocycles. The van der Waals surface area contributed by atoms with Gasteiger partial charge in [0, 0.05) is 18.7 Å². The van der Waals surface area contributed by atoms with E-state index in [0.29, 0.717) is 6.42 Å². The van der Waals surface area contributed by atoms with Crippen molar-refractivity contribution in [1.29, 1.82) is 0 Å². The molecular formula is C19H23N3O3. The van der Waals surface area contributed by atoms with E-state index < -0.39 is 11.0 Å². The average molecular weight is 341 g/mol. The van der Waals surface area contributed by atoms with Gasteiger partial charge < -0.3 is 10.0 Å². The summed E-state index contributed by atoms with van der Waals surface area (Å²) < 4.78 is 0. The minimum atomic E-state index is -0.523. The quantitative estimate of drug-likeness (QED) is 0.660. The van der Waals surface area contributed by atoms with Crippen LogP contribution >= 0.6 is 0 Å². The molecule has 1 N–H and O–H groups in total. The molecule has 2 aromatic rings. The average Bonchev–Trinajstić information content (AvgIpc) is 2.88. The zero-order valence-corrected chi connectivity index (χ0v) is 14.1. The summed E-state index contributed by atoms with van der Waals surface area (Å²) in [5.74, 6) is 0.748. The number of rotatable bonds is 5. The number of benzene rings is 1. The van der Waals surface area contributed by atoms with Crippen molar-refractivity contribution < 1.29 is 10.0 Å². The van der Waals surface area contributed by atoms with Crippen molar-refractivity contribution in [2.24, 2.45) is 0 Å². The van der Waals surface area contributed by atoms with Gasteiger partial charge in [-0.2, -0.15) is 0 Å². The molecule has 6 nitrogen and oxygen atoms in total. The van der Waals surface area contributed by atoms with Crippen LogP contribution in [0.3, 0.4) is 0 Å². The second-order valence-corrected chi connectivity index (χ2v) is 6.49. The second-order valence-electron chi connectivity index (χ2n) is 6.49. The fourth-order valence-corrected chi connectivity index (χ4v) is 3.45. The van der Waals surface area contributed by atoms with Crippen LogP contribution in [0.1, 0.15) is 43.8 Å². The van der Waals surface area contributed by atoms with Gasteiger partial charge in [0.2, 0.25) is 0 Å². The summed E-state index contributed by atoms with van der Waals surface area (Å²) in [5, 5.41) is 21.4. The van der Waals surface area contributed by atoms with E-state index in [1.165, 1.54) is 12.3 Å². The van der Waals surface area contributed by atoms with Crippen molar-refractivity contribution in [3.05, 3.63) is 64.3 Å². The number of pyridine rings is 1. The maximum Gasteiger partial charge on any atom is 0.287 e. The molecule has 2 heterocycles. The largest absolute Gasteiger partial charge is 0.388 e. The zero-order valence-electron chi connectivity index (χ0n) is 14.1. The minimum Gasteiger partial charge on any atom is -0.388 e. The van der Waals surface area contributed by atoms with Crippen LogP contribution in [0, 0.1) is 10.1 Å². The first-order valence-electron chi connectivity index (χ1n) is 8.75. The molecular weight excluding hydrogens is 318 g/mol. The lowest BCUT2D eigenvalue weighted by molar-refractivity contribution is -0.385. The number of aliphatic hydroxyl groups excluding tert-OH is 1. The van der Waals surface area contributed by atoms with Gasteiger partial charge >= 0.3 is 0 Å². The Morgan fingerprint density at radius 2 is 2.00 bits per heavy atom. The second kappa shape index (κ2) is 8.07. The summed E-state index contributed by atoms with van der Waals surface area (Å²) in [5.41, 5.74) is 0.919. The van der Waals surface area contributed by atoms with Crippen LogP contribution in [-0.2, 0) is 0 Å². The van der Waals surface area contributed by atoms with Gasteiger partial charge in [-0.25, -0.2) is 4.98 Å². The smallest absolute Gasteiger partial charge is 0.287 e. The normalized spacial score (nSPS) is 19.2. The van der Waals surface area contributed by atoms with Crippen LogP contribution < -0.4 is 4.90 Å². The van der Waals surface area contributed by atoms with E-state index in [-0.39, 0.29) is 11.7 Å². The summed E-state index contributed by atoms with van der Waals surface area (Å²) >= 11 is 0. The highest BCUT2D eigenvalue weighted by atomic mass is 16.6. The molecule has 0 bridgehead atoms. The Kier molecular flexibility index (Phi) is 5.60. The first-order chi connectivity index (χ1) is 12.1. The van der Waals surface area contributed by atoms with Gasteiger partial charge in [-0.15, -0.1) is 0 Å². The standard InChI is InChI=1S/C19H23N3O3/c23-18(15-7-3-1-4-8-15)13-16-9-5-2-6-12-21(16)19-11-10-17(14-20-19)22(24)25/h1,3-4,7-8,10-11,14,16,18,23H,2,5-6,9,12-13H2/t16-,18-/m1/s1. The SMILES string of the molecule is O=[N+]([O-])c1ccc(N2CCCCC[C@@H]2C[C@@H](O)c2ccccc2)nc1. The summed E-state index contributed by atoms with van der Waals surface area (Å²) in [6.45, 7) is 0.858. The Morgan fingerprint density at radius 3 is 2.68 bits per heavy atom. The number of nitro groups is 1. The van der Waals surface area contributed by atoms with Gasteiger partial charge in [0.1, 0.15) is 12.0 Å². The van der Waals surface area contributed by atoms with E-state index >= 15 is 0 Å². The van der Waals surface area contributed by atoms with Crippen LogP contribution in [0.15, 0.2) is 48.7 Å². The molecule has 1 saturated heterocycles. The van der Waals surface area contributed by atoms with Crippen molar-refractivity contribution >= 4 is 11.5 Å². The van der Waals surface area contributed by atoms with E-state index in [2.05, 4.69) is 9.88 Å². The van der Waals surface area contributed by atoms with Crippen LogP contribution in [-0.4, -0.2) is 27.6 Å². The zero-order chi connectivity index (χ0) is 17.6. The lowest BCUT2D eigenvalue weighted by Gasteiger charge is -2.32. The fourth-order valence-electron chi connectivity index (χ4n) is 3.45. The Balaban J connectivity index is 1.78. The van der Waals surface area contributed by atoms with Gasteiger partial charge in [-0.05, 0) is 30.9 Å². The molecule has 1 aromatic carbocycles. The minimum absolute atomic E-state index is 0.000516. The third kappa shape index (κ3) is 4.33. The highest BCUT2D eigenvalue weighted by Crippen LogP contribution is 2.29. The molecule has 1 fully saturated rings. The number of hydrogen-bond acceptors (Lipinski definition) is 5. The number of anilines is 1. The summed E-state index contributed by atoms with van der Waals surface area (Å²) in [6, 6.07) is 13.1. The number of aliphatic hydroxyl groups is 1. The van der Waals surface area contributed by atoms with Crippen LogP contribution in [0.4, 0.5) is 11.5 Å². The highest BCUT2D eigenvalue weighted by Gasteiger charge is 2.25. The van der Waals surface area contributed by atoms with E-state index in [1.807, 2.05) is 30.3 Å². The topological polar surface area (TPSA) is 79.5 Å². The van der Waals surface area contributed by atoms with Crippen molar-refractivity contribution in [3.8, 4) is 0 Å². The predicted octanol–water partition coefficient (Wildman–Crippen LogP) is 3.86. The van der Waals surface area contributed by atoms with Gasteiger partial charge in [-0.1, -0.05) is 43.2 Å². The van der Waals surface area contributed by atoms with Crippen LogP contribution in [0.5, 0.6) is 0 Å².